The highest BCUT2D eigenvalue weighted by molar-refractivity contribution is 7.92. The molecule has 0 aliphatic rings. The van der Waals surface area contributed by atoms with Crippen LogP contribution in [0.3, 0.4) is 0 Å². The van der Waals surface area contributed by atoms with E-state index in [1.807, 2.05) is 70.2 Å². The first-order valence-electron chi connectivity index (χ1n) is 10.5. The summed E-state index contributed by atoms with van der Waals surface area (Å²) in [5.41, 5.74) is 3.88. The van der Waals surface area contributed by atoms with Crippen molar-refractivity contribution in [3.8, 4) is 0 Å². The van der Waals surface area contributed by atoms with Gasteiger partial charge in [-0.3, -0.25) is 9.52 Å². The Morgan fingerprint density at radius 3 is 2.25 bits per heavy atom. The minimum Gasteiger partial charge on any atom is -0.347 e. The van der Waals surface area contributed by atoms with Crippen molar-refractivity contribution in [2.75, 3.05) is 4.72 Å². The van der Waals surface area contributed by atoms with Crippen LogP contribution in [-0.4, -0.2) is 19.9 Å². The van der Waals surface area contributed by atoms with Crippen LogP contribution in [0.2, 0.25) is 0 Å². The summed E-state index contributed by atoms with van der Waals surface area (Å²) in [6.07, 6.45) is 0.658. The molecular formula is C26H30N2O3S. The molecule has 3 aromatic carbocycles. The van der Waals surface area contributed by atoms with Crippen molar-refractivity contribution in [3.63, 3.8) is 0 Å². The van der Waals surface area contributed by atoms with Crippen LogP contribution in [-0.2, 0) is 16.4 Å². The molecule has 0 atom stereocenters. The topological polar surface area (TPSA) is 75.3 Å². The van der Waals surface area contributed by atoms with Crippen LogP contribution in [0.1, 0.15) is 46.5 Å². The van der Waals surface area contributed by atoms with Crippen molar-refractivity contribution in [2.45, 2.75) is 51.5 Å². The maximum absolute atomic E-state index is 13.1. The average Bonchev–Trinajstić information content (AvgIpc) is 2.71. The zero-order valence-electron chi connectivity index (χ0n) is 19.2. The first-order chi connectivity index (χ1) is 15.0. The van der Waals surface area contributed by atoms with Crippen molar-refractivity contribution in [1.82, 2.24) is 5.32 Å². The molecule has 1 amide bonds. The highest BCUT2D eigenvalue weighted by Crippen LogP contribution is 2.25. The summed E-state index contributed by atoms with van der Waals surface area (Å²) in [5, 5.41) is 3.03. The normalized spacial score (nSPS) is 11.8. The Bertz CT molecular complexity index is 1230. The van der Waals surface area contributed by atoms with E-state index in [4.69, 9.17) is 0 Å². The maximum atomic E-state index is 13.1. The van der Waals surface area contributed by atoms with Gasteiger partial charge in [0.2, 0.25) is 0 Å². The predicted molar refractivity (Wildman–Crippen MR) is 130 cm³/mol. The summed E-state index contributed by atoms with van der Waals surface area (Å²) in [7, 11) is -3.86. The highest BCUT2D eigenvalue weighted by atomic mass is 32.2. The minimum absolute atomic E-state index is 0.0897. The molecule has 0 heterocycles. The van der Waals surface area contributed by atoms with Gasteiger partial charge in [0, 0.05) is 11.1 Å². The molecule has 3 rings (SSSR count). The molecule has 168 valence electrons. The van der Waals surface area contributed by atoms with E-state index in [0.717, 1.165) is 16.7 Å². The van der Waals surface area contributed by atoms with Gasteiger partial charge < -0.3 is 5.32 Å². The number of carbonyl (C=O) groups excluding carboxylic acids is 1. The molecule has 3 aromatic rings. The second kappa shape index (κ2) is 9.17. The molecule has 0 unspecified atom stereocenters. The molecule has 0 aliphatic carbocycles. The Balaban J connectivity index is 1.84. The SMILES string of the molecule is Cc1ccc(C(=O)NC(C)(C)Cc2ccccc2)cc1S(=O)(=O)Nc1cccc(C)c1C. The molecule has 5 nitrogen and oxygen atoms in total. The van der Waals surface area contributed by atoms with Crippen molar-refractivity contribution < 1.29 is 13.2 Å². The molecule has 0 aliphatic heterocycles. The van der Waals surface area contributed by atoms with Crippen LogP contribution >= 0.6 is 0 Å². The molecule has 32 heavy (non-hydrogen) atoms. The van der Waals surface area contributed by atoms with Crippen LogP contribution in [0.4, 0.5) is 5.69 Å². The zero-order valence-corrected chi connectivity index (χ0v) is 20.0. The average molecular weight is 451 g/mol. The number of hydrogen-bond acceptors (Lipinski definition) is 3. The number of amides is 1. The Morgan fingerprint density at radius 1 is 0.875 bits per heavy atom. The number of anilines is 1. The number of sulfonamides is 1. The Morgan fingerprint density at radius 2 is 1.56 bits per heavy atom. The second-order valence-electron chi connectivity index (χ2n) is 8.83. The van der Waals surface area contributed by atoms with E-state index in [1.54, 1.807) is 25.1 Å². The summed E-state index contributed by atoms with van der Waals surface area (Å²) in [5.74, 6) is -0.311. The van der Waals surface area contributed by atoms with Crippen LogP contribution in [0, 0.1) is 20.8 Å². The third-order valence-corrected chi connectivity index (χ3v) is 7.04. The summed E-state index contributed by atoms with van der Waals surface area (Å²) in [6.45, 7) is 9.43. The van der Waals surface area contributed by atoms with E-state index < -0.39 is 15.6 Å². The predicted octanol–water partition coefficient (Wildman–Crippen LogP) is 5.16. The van der Waals surface area contributed by atoms with Crippen molar-refractivity contribution in [3.05, 3.63) is 94.5 Å². The fourth-order valence-electron chi connectivity index (χ4n) is 3.62. The number of carbonyl (C=O) groups is 1. The molecular weight excluding hydrogens is 420 g/mol. The second-order valence-corrected chi connectivity index (χ2v) is 10.5. The quantitative estimate of drug-likeness (QED) is 0.522. The number of rotatable bonds is 7. The fraction of sp³-hybridized carbons (Fsp3) is 0.269. The van der Waals surface area contributed by atoms with Gasteiger partial charge in [-0.25, -0.2) is 8.42 Å². The maximum Gasteiger partial charge on any atom is 0.262 e. The van der Waals surface area contributed by atoms with Gasteiger partial charge in [-0.2, -0.15) is 0 Å². The zero-order chi connectivity index (χ0) is 23.5. The van der Waals surface area contributed by atoms with Crippen LogP contribution < -0.4 is 10.0 Å². The van der Waals surface area contributed by atoms with Crippen LogP contribution in [0.5, 0.6) is 0 Å². The van der Waals surface area contributed by atoms with E-state index in [1.165, 1.54) is 6.07 Å². The molecule has 0 aromatic heterocycles. The van der Waals surface area contributed by atoms with Gasteiger partial charge in [-0.15, -0.1) is 0 Å². The van der Waals surface area contributed by atoms with Gasteiger partial charge in [0.1, 0.15) is 0 Å². The van der Waals surface area contributed by atoms with Gasteiger partial charge in [-0.05, 0) is 81.5 Å². The van der Waals surface area contributed by atoms with Gasteiger partial charge in [-0.1, -0.05) is 48.5 Å². The third kappa shape index (κ3) is 5.56. The number of benzene rings is 3. The molecule has 0 saturated carbocycles. The summed E-state index contributed by atoms with van der Waals surface area (Å²) in [4.78, 5) is 13.1. The van der Waals surface area contributed by atoms with Crippen LogP contribution in [0.25, 0.3) is 0 Å². The van der Waals surface area contributed by atoms with Crippen molar-refractivity contribution in [1.29, 1.82) is 0 Å². The first-order valence-corrected chi connectivity index (χ1v) is 12.0. The Hall–Kier alpha value is -3.12. The summed E-state index contributed by atoms with van der Waals surface area (Å²) >= 11 is 0. The fourth-order valence-corrected chi connectivity index (χ4v) is 5.02. The minimum atomic E-state index is -3.86. The van der Waals surface area contributed by atoms with E-state index in [0.29, 0.717) is 23.2 Å². The first kappa shape index (κ1) is 23.5. The molecule has 0 bridgehead atoms. The highest BCUT2D eigenvalue weighted by Gasteiger charge is 2.24. The van der Waals surface area contributed by atoms with Crippen molar-refractivity contribution in [2.24, 2.45) is 0 Å². The Labute approximate surface area is 190 Å². The lowest BCUT2D eigenvalue weighted by Gasteiger charge is -2.26. The van der Waals surface area contributed by atoms with Crippen LogP contribution in [0.15, 0.2) is 71.6 Å². The molecule has 2 N–H and O–H groups in total. The van der Waals surface area contributed by atoms with Gasteiger partial charge in [0.05, 0.1) is 10.6 Å². The monoisotopic (exact) mass is 450 g/mol. The van der Waals surface area contributed by atoms with E-state index in [9.17, 15) is 13.2 Å². The standard InChI is InChI=1S/C26H30N2O3S/c1-18-10-9-13-23(20(18)3)28-32(30,31)24-16-22(15-14-19(24)2)25(29)27-26(4,5)17-21-11-7-6-8-12-21/h6-16,28H,17H2,1-5H3,(H,27,29). The molecule has 0 spiro atoms. The third-order valence-electron chi connectivity index (χ3n) is 5.53. The number of aryl methyl sites for hydroxylation is 2. The molecule has 6 heteroatoms. The molecule has 0 fully saturated rings. The van der Waals surface area contributed by atoms with E-state index in [-0.39, 0.29) is 10.8 Å². The van der Waals surface area contributed by atoms with Gasteiger partial charge in [0.25, 0.3) is 15.9 Å². The lowest BCUT2D eigenvalue weighted by molar-refractivity contribution is 0.0913. The summed E-state index contributed by atoms with van der Waals surface area (Å²) < 4.78 is 29.0. The van der Waals surface area contributed by atoms with E-state index >= 15 is 0 Å². The Kier molecular flexibility index (Phi) is 6.74. The number of hydrogen-bond donors (Lipinski definition) is 2. The molecule has 0 radical (unpaired) electrons. The largest absolute Gasteiger partial charge is 0.347 e. The lowest BCUT2D eigenvalue weighted by Crippen LogP contribution is -2.45. The van der Waals surface area contributed by atoms with E-state index in [2.05, 4.69) is 10.0 Å². The van der Waals surface area contributed by atoms with Crippen molar-refractivity contribution >= 4 is 21.6 Å². The van der Waals surface area contributed by atoms with Gasteiger partial charge >= 0.3 is 0 Å². The lowest BCUT2D eigenvalue weighted by atomic mass is 9.94. The smallest absolute Gasteiger partial charge is 0.262 e. The molecule has 0 saturated heterocycles. The number of nitrogens with one attached hydrogen (secondary N) is 2. The van der Waals surface area contributed by atoms with Gasteiger partial charge in [0.15, 0.2) is 0 Å². The summed E-state index contributed by atoms with van der Waals surface area (Å²) in [6, 6.07) is 20.2.